The van der Waals surface area contributed by atoms with E-state index in [0.717, 1.165) is 10.8 Å². The Morgan fingerprint density at radius 1 is 0.941 bits per heavy atom. The first kappa shape index (κ1) is 34.6. The van der Waals surface area contributed by atoms with Gasteiger partial charge in [0.05, 0.1) is 24.7 Å². The van der Waals surface area contributed by atoms with E-state index in [0.29, 0.717) is 30.5 Å². The lowest BCUT2D eigenvalue weighted by Gasteiger charge is -2.35. The summed E-state index contributed by atoms with van der Waals surface area (Å²) in [5.41, 5.74) is -0.134. The Balaban J connectivity index is 1.30. The van der Waals surface area contributed by atoms with Gasteiger partial charge in [0.25, 0.3) is 5.91 Å². The molecular weight excluding hydrogens is 650 g/mol. The fraction of sp³-hybridized carbons (Fsp3) is 0.400. The predicted octanol–water partition coefficient (Wildman–Crippen LogP) is 3.86. The van der Waals surface area contributed by atoms with Crippen LogP contribution in [0.5, 0.6) is 0 Å². The highest BCUT2D eigenvalue weighted by Crippen LogP contribution is 2.53. The Hall–Kier alpha value is -4.84. The summed E-state index contributed by atoms with van der Waals surface area (Å²) in [5.74, 6) is -3.74. The number of aliphatic hydroxyl groups is 1. The number of likely N-dealkylation sites (tertiary alicyclic amines) is 1. The summed E-state index contributed by atoms with van der Waals surface area (Å²) in [5, 5.41) is 14.6. The lowest BCUT2D eigenvalue weighted by atomic mass is 9.77. The molecule has 3 aromatic carbocycles. The second-order valence-corrected chi connectivity index (χ2v) is 13.6. The summed E-state index contributed by atoms with van der Waals surface area (Å²) in [6.45, 7) is 0.459. The van der Waals surface area contributed by atoms with Crippen LogP contribution < -0.4 is 10.2 Å². The van der Waals surface area contributed by atoms with Crippen LogP contribution in [0.2, 0.25) is 0 Å². The summed E-state index contributed by atoms with van der Waals surface area (Å²) >= 11 is 0. The molecule has 3 aromatic rings. The van der Waals surface area contributed by atoms with Gasteiger partial charge in [-0.05, 0) is 47.7 Å². The van der Waals surface area contributed by atoms with Crippen molar-refractivity contribution in [3.05, 3.63) is 103 Å². The maximum absolute atomic E-state index is 14.9. The molecule has 4 aliphatic heterocycles. The molecule has 0 aliphatic carbocycles. The predicted molar refractivity (Wildman–Crippen MR) is 189 cm³/mol. The minimum absolute atomic E-state index is 0.0588. The first-order valence-corrected chi connectivity index (χ1v) is 17.6. The van der Waals surface area contributed by atoms with Gasteiger partial charge in [0.15, 0.2) is 0 Å². The molecule has 11 nitrogen and oxygen atoms in total. The number of nitrogens with zero attached hydrogens (tertiary/aromatic N) is 2. The van der Waals surface area contributed by atoms with E-state index in [1.54, 1.807) is 28.0 Å². The number of esters is 1. The quantitative estimate of drug-likeness (QED) is 0.207. The van der Waals surface area contributed by atoms with Gasteiger partial charge in [-0.25, -0.2) is 0 Å². The molecule has 7 rings (SSSR count). The van der Waals surface area contributed by atoms with E-state index in [-0.39, 0.29) is 50.4 Å². The van der Waals surface area contributed by atoms with E-state index >= 15 is 0 Å². The molecule has 0 radical (unpaired) electrons. The zero-order valence-corrected chi connectivity index (χ0v) is 28.6. The van der Waals surface area contributed by atoms with Gasteiger partial charge in [0.1, 0.15) is 23.7 Å². The summed E-state index contributed by atoms with van der Waals surface area (Å²) in [6, 6.07) is 21.1. The van der Waals surface area contributed by atoms with Crippen LogP contribution in [-0.4, -0.2) is 90.9 Å². The highest BCUT2D eigenvalue weighted by Gasteiger charge is 2.71. The number of allylic oxidation sites excluding steroid dienone is 1. The fourth-order valence-corrected chi connectivity index (χ4v) is 8.10. The second-order valence-electron chi connectivity index (χ2n) is 13.6. The van der Waals surface area contributed by atoms with Crippen LogP contribution in [0.3, 0.4) is 0 Å². The van der Waals surface area contributed by atoms with Crippen molar-refractivity contribution < 1.29 is 38.5 Å². The smallest absolute Gasteiger partial charge is 0.313 e. The number of nitrogens with one attached hydrogen (secondary N) is 1. The van der Waals surface area contributed by atoms with Crippen LogP contribution >= 0.6 is 0 Å². The number of carbonyl (C=O) groups is 4. The van der Waals surface area contributed by atoms with E-state index in [2.05, 4.69) is 5.32 Å². The van der Waals surface area contributed by atoms with Gasteiger partial charge in [-0.3, -0.25) is 19.2 Å². The fourth-order valence-electron chi connectivity index (χ4n) is 8.10. The number of cyclic esters (lactones) is 1. The lowest BCUT2D eigenvalue weighted by Crippen LogP contribution is -2.55. The van der Waals surface area contributed by atoms with Crippen molar-refractivity contribution in [1.29, 1.82) is 0 Å². The van der Waals surface area contributed by atoms with E-state index in [1.807, 2.05) is 78.9 Å². The number of benzene rings is 3. The van der Waals surface area contributed by atoms with E-state index < -0.39 is 47.7 Å². The van der Waals surface area contributed by atoms with Crippen molar-refractivity contribution in [1.82, 2.24) is 10.2 Å². The molecule has 2 saturated heterocycles. The number of amides is 3. The summed E-state index contributed by atoms with van der Waals surface area (Å²) in [4.78, 5) is 60.4. The van der Waals surface area contributed by atoms with Gasteiger partial charge in [0.2, 0.25) is 11.8 Å². The first-order chi connectivity index (χ1) is 24.9. The molecule has 1 spiro atoms. The topological polar surface area (TPSA) is 135 Å². The SMILES string of the molecule is COC[C@@H]1NC(=O)CC/C=C\[C@@H]2O[C@@]34C=CCN(c5ccc6ccccc6c5)C(=O)[C@@H]3N(CCCCO)C(=O)[C@H]4[C@@H]2C(=O)O[C@H]1c1ccccc1. The molecule has 0 bridgehead atoms. The van der Waals surface area contributed by atoms with Crippen molar-refractivity contribution in [2.75, 3.05) is 38.3 Å². The Kier molecular flexibility index (Phi) is 10.0. The number of unbranched alkanes of at least 4 members (excludes halogenated alkanes) is 1. The molecule has 7 atom stereocenters. The van der Waals surface area contributed by atoms with Gasteiger partial charge < -0.3 is 34.4 Å². The molecule has 0 unspecified atom stereocenters. The number of ether oxygens (including phenoxy) is 3. The number of carbonyl (C=O) groups excluding carboxylic acids is 4. The summed E-state index contributed by atoms with van der Waals surface area (Å²) in [7, 11) is 1.51. The van der Waals surface area contributed by atoms with Crippen LogP contribution in [0.25, 0.3) is 10.8 Å². The Morgan fingerprint density at radius 3 is 2.51 bits per heavy atom. The summed E-state index contributed by atoms with van der Waals surface area (Å²) in [6.07, 6.45) is 6.77. The normalized spacial score (nSPS) is 30.1. The van der Waals surface area contributed by atoms with Crippen molar-refractivity contribution in [3.8, 4) is 0 Å². The third kappa shape index (κ3) is 6.45. The molecule has 0 saturated carbocycles. The van der Waals surface area contributed by atoms with Gasteiger partial charge in [0, 0.05) is 38.9 Å². The number of methoxy groups -OCH3 is 1. The molecule has 51 heavy (non-hydrogen) atoms. The first-order valence-electron chi connectivity index (χ1n) is 17.6. The van der Waals surface area contributed by atoms with Crippen LogP contribution in [0.1, 0.15) is 37.4 Å². The van der Waals surface area contributed by atoms with Gasteiger partial charge in [-0.15, -0.1) is 0 Å². The van der Waals surface area contributed by atoms with Crippen LogP contribution in [0.4, 0.5) is 5.69 Å². The number of fused-ring (bicyclic) bond motifs is 3. The van der Waals surface area contributed by atoms with Crippen LogP contribution in [-0.2, 0) is 33.4 Å². The molecule has 3 amide bonds. The Bertz CT molecular complexity index is 1850. The monoisotopic (exact) mass is 693 g/mol. The molecule has 4 aliphatic rings. The number of hydrogen-bond acceptors (Lipinski definition) is 8. The van der Waals surface area contributed by atoms with Gasteiger partial charge in [-0.1, -0.05) is 85.0 Å². The molecule has 11 heteroatoms. The average Bonchev–Trinajstić information content (AvgIpc) is 3.52. The number of rotatable bonds is 8. The third-order valence-corrected chi connectivity index (χ3v) is 10.4. The Morgan fingerprint density at radius 2 is 1.73 bits per heavy atom. The molecule has 4 heterocycles. The van der Waals surface area contributed by atoms with Crippen molar-refractivity contribution >= 4 is 40.2 Å². The minimum Gasteiger partial charge on any atom is -0.455 e. The van der Waals surface area contributed by atoms with E-state index in [1.165, 1.54) is 7.11 Å². The highest BCUT2D eigenvalue weighted by atomic mass is 16.6. The third-order valence-electron chi connectivity index (χ3n) is 10.4. The Labute approximate surface area is 296 Å². The maximum Gasteiger partial charge on any atom is 0.313 e. The van der Waals surface area contributed by atoms with Crippen LogP contribution in [0.15, 0.2) is 97.1 Å². The van der Waals surface area contributed by atoms with Gasteiger partial charge in [-0.2, -0.15) is 0 Å². The van der Waals surface area contributed by atoms with Crippen molar-refractivity contribution in [2.24, 2.45) is 11.8 Å². The van der Waals surface area contributed by atoms with E-state index in [4.69, 9.17) is 14.2 Å². The van der Waals surface area contributed by atoms with Crippen molar-refractivity contribution in [2.45, 2.75) is 55.6 Å². The average molecular weight is 694 g/mol. The molecular formula is C40H43N3O8. The highest BCUT2D eigenvalue weighted by molar-refractivity contribution is 6.06. The minimum atomic E-state index is -1.47. The van der Waals surface area contributed by atoms with Gasteiger partial charge >= 0.3 is 5.97 Å². The maximum atomic E-state index is 14.9. The van der Waals surface area contributed by atoms with Crippen LogP contribution in [0, 0.1) is 11.8 Å². The molecule has 0 aromatic heterocycles. The number of anilines is 1. The number of aliphatic hydroxyl groups excluding tert-OH is 1. The lowest BCUT2D eigenvalue weighted by molar-refractivity contribution is -0.162. The molecule has 2 N–H and O–H groups in total. The standard InChI is InChI=1S/C40H43N3O8/c1-49-25-30-35(27-13-3-2-4-14-27)50-39(48)33-31(16-7-8-17-32(45)41-30)51-40-20-11-22-42(29-19-18-26-12-5-6-15-28(26)24-29)38(47)36(40)43(21-9-10-23-44)37(46)34(33)40/h2-7,11-16,18-20,24,30-31,33-36,44H,8-10,17,21-23,25H2,1H3,(H,41,45)/b16-7-/t30-,31-,33+,34+,35-,36-,40+/m0/s1. The number of hydrogen-bond donors (Lipinski definition) is 2. The largest absolute Gasteiger partial charge is 0.455 e. The molecule has 266 valence electrons. The zero-order chi connectivity index (χ0) is 35.5. The molecule has 2 fully saturated rings. The van der Waals surface area contributed by atoms with E-state index in [9.17, 15) is 24.3 Å². The summed E-state index contributed by atoms with van der Waals surface area (Å²) < 4.78 is 18.6. The zero-order valence-electron chi connectivity index (χ0n) is 28.6. The second kappa shape index (κ2) is 14.8. The van der Waals surface area contributed by atoms with Crippen molar-refractivity contribution in [3.63, 3.8) is 0 Å².